The van der Waals surface area contributed by atoms with Gasteiger partial charge in [0, 0.05) is 25.0 Å². The van der Waals surface area contributed by atoms with Crippen molar-refractivity contribution < 1.29 is 10.2 Å². The van der Waals surface area contributed by atoms with Crippen LogP contribution in [0.15, 0.2) is 42.9 Å². The van der Waals surface area contributed by atoms with Gasteiger partial charge in [-0.15, -0.1) is 0 Å². The minimum Gasteiger partial charge on any atom is -0.508 e. The molecule has 0 saturated carbocycles. The second kappa shape index (κ2) is 4.72. The predicted octanol–water partition coefficient (Wildman–Crippen LogP) is 1.46. The van der Waals surface area contributed by atoms with Crippen LogP contribution in [0.2, 0.25) is 0 Å². The van der Waals surface area contributed by atoms with Crippen LogP contribution in [0.1, 0.15) is 17.4 Å². The standard InChI is InChI=1S/C12H12N2O2/c15-11-3-1-9(2-4-11)12(16)7-10-8-13-5-6-14-10/h1-6,8,12,15-16H,7H2. The fourth-order valence-corrected chi connectivity index (χ4v) is 1.45. The Kier molecular flexibility index (Phi) is 3.12. The second-order valence-electron chi connectivity index (χ2n) is 3.51. The van der Waals surface area contributed by atoms with Crippen molar-refractivity contribution in [3.63, 3.8) is 0 Å². The zero-order valence-corrected chi connectivity index (χ0v) is 8.61. The van der Waals surface area contributed by atoms with Crippen LogP contribution in [0.5, 0.6) is 5.75 Å². The Bertz CT molecular complexity index is 442. The summed E-state index contributed by atoms with van der Waals surface area (Å²) < 4.78 is 0. The Morgan fingerprint density at radius 1 is 1.12 bits per heavy atom. The molecule has 1 aromatic carbocycles. The van der Waals surface area contributed by atoms with Crippen molar-refractivity contribution in [2.24, 2.45) is 0 Å². The fraction of sp³-hybridized carbons (Fsp3) is 0.167. The number of aromatic nitrogens is 2. The molecule has 2 rings (SSSR count). The maximum Gasteiger partial charge on any atom is 0.115 e. The summed E-state index contributed by atoms with van der Waals surface area (Å²) in [7, 11) is 0. The molecule has 4 heteroatoms. The van der Waals surface area contributed by atoms with Crippen LogP contribution >= 0.6 is 0 Å². The number of benzene rings is 1. The summed E-state index contributed by atoms with van der Waals surface area (Å²) in [6, 6.07) is 6.48. The molecule has 0 saturated heterocycles. The molecule has 0 radical (unpaired) electrons. The first-order valence-corrected chi connectivity index (χ1v) is 4.97. The molecular formula is C12H12N2O2. The number of phenols is 1. The normalized spacial score (nSPS) is 12.3. The highest BCUT2D eigenvalue weighted by atomic mass is 16.3. The van der Waals surface area contributed by atoms with E-state index in [-0.39, 0.29) is 5.75 Å². The molecular weight excluding hydrogens is 204 g/mol. The minimum atomic E-state index is -0.628. The number of aliphatic hydroxyl groups is 1. The first-order chi connectivity index (χ1) is 7.75. The number of phenolic OH excluding ortho intramolecular Hbond substituents is 1. The predicted molar refractivity (Wildman–Crippen MR) is 58.8 cm³/mol. The molecule has 82 valence electrons. The molecule has 0 fully saturated rings. The van der Waals surface area contributed by atoms with Gasteiger partial charge in [0.2, 0.25) is 0 Å². The summed E-state index contributed by atoms with van der Waals surface area (Å²) in [6.07, 6.45) is 4.61. The average molecular weight is 216 g/mol. The van der Waals surface area contributed by atoms with Gasteiger partial charge in [-0.2, -0.15) is 0 Å². The Morgan fingerprint density at radius 3 is 2.50 bits per heavy atom. The van der Waals surface area contributed by atoms with Gasteiger partial charge in [0.15, 0.2) is 0 Å². The second-order valence-corrected chi connectivity index (χ2v) is 3.51. The van der Waals surface area contributed by atoms with E-state index in [4.69, 9.17) is 5.11 Å². The molecule has 2 N–H and O–H groups in total. The zero-order chi connectivity index (χ0) is 11.4. The van der Waals surface area contributed by atoms with Gasteiger partial charge < -0.3 is 10.2 Å². The quantitative estimate of drug-likeness (QED) is 0.815. The van der Waals surface area contributed by atoms with Gasteiger partial charge in [0.25, 0.3) is 0 Å². The van der Waals surface area contributed by atoms with Gasteiger partial charge in [0.1, 0.15) is 5.75 Å². The van der Waals surface area contributed by atoms with E-state index < -0.39 is 6.10 Å². The van der Waals surface area contributed by atoms with Crippen molar-refractivity contribution >= 4 is 0 Å². The van der Waals surface area contributed by atoms with E-state index in [2.05, 4.69) is 9.97 Å². The molecule has 1 heterocycles. The number of hydrogen-bond acceptors (Lipinski definition) is 4. The average Bonchev–Trinajstić information content (AvgIpc) is 2.31. The fourth-order valence-electron chi connectivity index (χ4n) is 1.45. The van der Waals surface area contributed by atoms with Crippen molar-refractivity contribution in [2.45, 2.75) is 12.5 Å². The molecule has 0 spiro atoms. The highest BCUT2D eigenvalue weighted by Gasteiger charge is 2.09. The number of nitrogens with zero attached hydrogens (tertiary/aromatic N) is 2. The summed E-state index contributed by atoms with van der Waals surface area (Å²) in [5, 5.41) is 19.0. The van der Waals surface area contributed by atoms with Crippen LogP contribution in [0.3, 0.4) is 0 Å². The van der Waals surface area contributed by atoms with E-state index in [0.29, 0.717) is 6.42 Å². The summed E-state index contributed by atoms with van der Waals surface area (Å²) in [5.41, 5.74) is 1.49. The van der Waals surface area contributed by atoms with Crippen molar-refractivity contribution in [3.05, 3.63) is 54.1 Å². The monoisotopic (exact) mass is 216 g/mol. The topological polar surface area (TPSA) is 66.2 Å². The van der Waals surface area contributed by atoms with Gasteiger partial charge in [-0.1, -0.05) is 12.1 Å². The Hall–Kier alpha value is -1.94. The van der Waals surface area contributed by atoms with E-state index in [1.54, 1.807) is 42.9 Å². The van der Waals surface area contributed by atoms with Gasteiger partial charge in [-0.05, 0) is 17.7 Å². The number of rotatable bonds is 3. The van der Waals surface area contributed by atoms with Crippen molar-refractivity contribution in [1.29, 1.82) is 0 Å². The van der Waals surface area contributed by atoms with E-state index >= 15 is 0 Å². The highest BCUT2D eigenvalue weighted by Crippen LogP contribution is 2.19. The molecule has 1 unspecified atom stereocenters. The van der Waals surface area contributed by atoms with E-state index in [9.17, 15) is 5.11 Å². The van der Waals surface area contributed by atoms with Gasteiger partial charge >= 0.3 is 0 Å². The van der Waals surface area contributed by atoms with Crippen molar-refractivity contribution in [2.75, 3.05) is 0 Å². The minimum absolute atomic E-state index is 0.190. The SMILES string of the molecule is Oc1ccc(C(O)Cc2cnccn2)cc1. The lowest BCUT2D eigenvalue weighted by Gasteiger charge is -2.09. The van der Waals surface area contributed by atoms with Crippen LogP contribution in [-0.2, 0) is 6.42 Å². The number of aliphatic hydroxyl groups excluding tert-OH is 1. The lowest BCUT2D eigenvalue weighted by atomic mass is 10.1. The Morgan fingerprint density at radius 2 is 1.88 bits per heavy atom. The third-order valence-corrected chi connectivity index (χ3v) is 2.30. The Labute approximate surface area is 93.2 Å². The van der Waals surface area contributed by atoms with Crippen molar-refractivity contribution in [3.8, 4) is 5.75 Å². The van der Waals surface area contributed by atoms with Crippen LogP contribution in [-0.4, -0.2) is 20.2 Å². The number of aromatic hydroxyl groups is 1. The number of hydrogen-bond donors (Lipinski definition) is 2. The molecule has 16 heavy (non-hydrogen) atoms. The molecule has 1 aromatic heterocycles. The molecule has 0 bridgehead atoms. The van der Waals surface area contributed by atoms with Gasteiger partial charge in [-0.3, -0.25) is 9.97 Å². The van der Waals surface area contributed by atoms with Crippen LogP contribution < -0.4 is 0 Å². The third-order valence-electron chi connectivity index (χ3n) is 2.30. The first kappa shape index (κ1) is 10.6. The van der Waals surface area contributed by atoms with Crippen LogP contribution in [0, 0.1) is 0 Å². The summed E-state index contributed by atoms with van der Waals surface area (Å²) in [5.74, 6) is 0.190. The molecule has 2 aromatic rings. The molecule has 0 amide bonds. The lowest BCUT2D eigenvalue weighted by molar-refractivity contribution is 0.177. The molecule has 4 nitrogen and oxygen atoms in total. The van der Waals surface area contributed by atoms with Crippen LogP contribution in [0.25, 0.3) is 0 Å². The van der Waals surface area contributed by atoms with Gasteiger partial charge in [-0.25, -0.2) is 0 Å². The Balaban J connectivity index is 2.09. The van der Waals surface area contributed by atoms with Gasteiger partial charge in [0.05, 0.1) is 11.8 Å². The maximum absolute atomic E-state index is 9.92. The maximum atomic E-state index is 9.92. The molecule has 0 aliphatic heterocycles. The zero-order valence-electron chi connectivity index (χ0n) is 8.61. The largest absolute Gasteiger partial charge is 0.508 e. The molecule has 0 aliphatic rings. The van der Waals surface area contributed by atoms with E-state index in [1.807, 2.05) is 0 Å². The molecule has 0 aliphatic carbocycles. The third kappa shape index (κ3) is 2.55. The summed E-state index contributed by atoms with van der Waals surface area (Å²) in [6.45, 7) is 0. The summed E-state index contributed by atoms with van der Waals surface area (Å²) >= 11 is 0. The van der Waals surface area contributed by atoms with E-state index in [1.165, 1.54) is 0 Å². The highest BCUT2D eigenvalue weighted by molar-refractivity contribution is 5.27. The van der Waals surface area contributed by atoms with Crippen LogP contribution in [0.4, 0.5) is 0 Å². The smallest absolute Gasteiger partial charge is 0.115 e. The summed E-state index contributed by atoms with van der Waals surface area (Å²) in [4.78, 5) is 8.02. The van der Waals surface area contributed by atoms with E-state index in [0.717, 1.165) is 11.3 Å². The lowest BCUT2D eigenvalue weighted by Crippen LogP contribution is -2.03. The molecule has 1 atom stereocenters. The van der Waals surface area contributed by atoms with Crippen molar-refractivity contribution in [1.82, 2.24) is 9.97 Å². The first-order valence-electron chi connectivity index (χ1n) is 4.97.